The fourth-order valence-corrected chi connectivity index (χ4v) is 3.04. The summed E-state index contributed by atoms with van der Waals surface area (Å²) in [5, 5.41) is 13.9. The predicted molar refractivity (Wildman–Crippen MR) is 83.3 cm³/mol. The molecule has 2 aromatic carbocycles. The minimum Gasteiger partial charge on any atom is -0.497 e. The third-order valence-electron chi connectivity index (χ3n) is 4.27. The summed E-state index contributed by atoms with van der Waals surface area (Å²) < 4.78 is 18.4. The summed E-state index contributed by atoms with van der Waals surface area (Å²) in [5.74, 6) is 0.513. The molecule has 1 aliphatic rings. The maximum Gasteiger partial charge on any atom is 0.123 e. The molecule has 1 fully saturated rings. The van der Waals surface area contributed by atoms with Gasteiger partial charge in [-0.15, -0.1) is 0 Å². The summed E-state index contributed by atoms with van der Waals surface area (Å²) >= 11 is 0. The molecule has 2 N–H and O–H groups in total. The van der Waals surface area contributed by atoms with Gasteiger partial charge in [-0.1, -0.05) is 24.3 Å². The number of aliphatic hydroxyl groups is 1. The quantitative estimate of drug-likeness (QED) is 0.910. The number of rotatable bonds is 4. The van der Waals surface area contributed by atoms with Gasteiger partial charge in [0.1, 0.15) is 11.6 Å². The van der Waals surface area contributed by atoms with Gasteiger partial charge in [0.25, 0.3) is 0 Å². The van der Waals surface area contributed by atoms with Crippen LogP contribution in [0.15, 0.2) is 48.5 Å². The lowest BCUT2D eigenvalue weighted by Gasteiger charge is -2.20. The molecule has 2 aromatic rings. The Balaban J connectivity index is 1.68. The van der Waals surface area contributed by atoms with Gasteiger partial charge in [0.2, 0.25) is 0 Å². The van der Waals surface area contributed by atoms with Crippen molar-refractivity contribution in [2.45, 2.75) is 31.0 Å². The maximum atomic E-state index is 13.3. The second kappa shape index (κ2) is 6.46. The van der Waals surface area contributed by atoms with Crippen molar-refractivity contribution in [3.8, 4) is 5.75 Å². The van der Waals surface area contributed by atoms with Crippen LogP contribution >= 0.6 is 0 Å². The molecule has 1 heterocycles. The van der Waals surface area contributed by atoms with E-state index in [4.69, 9.17) is 4.74 Å². The minimum absolute atomic E-state index is 0.0612. The summed E-state index contributed by atoms with van der Waals surface area (Å²) in [4.78, 5) is 0. The molecule has 0 radical (unpaired) electrons. The van der Waals surface area contributed by atoms with Crippen LogP contribution in [0.25, 0.3) is 0 Å². The van der Waals surface area contributed by atoms with Gasteiger partial charge in [-0.2, -0.15) is 0 Å². The van der Waals surface area contributed by atoms with Crippen LogP contribution < -0.4 is 10.1 Å². The molecule has 22 heavy (non-hydrogen) atoms. The van der Waals surface area contributed by atoms with Gasteiger partial charge in [-0.3, -0.25) is 0 Å². The standard InChI is InChI=1S/C18H20FNO2/c1-22-15-7-5-12(6-8-15)16-9-10-17(20-16)18(21)13-3-2-4-14(19)11-13/h2-8,11,16-18,20-21H,9-10H2,1H3/t16-,17-,18+/m1/s1. The number of benzene rings is 2. The molecule has 0 spiro atoms. The highest BCUT2D eigenvalue weighted by molar-refractivity contribution is 5.30. The van der Waals surface area contributed by atoms with Crippen molar-refractivity contribution in [3.63, 3.8) is 0 Å². The van der Waals surface area contributed by atoms with Crippen LogP contribution in [0.4, 0.5) is 4.39 Å². The number of hydrogen-bond acceptors (Lipinski definition) is 3. The molecule has 116 valence electrons. The molecule has 0 unspecified atom stereocenters. The van der Waals surface area contributed by atoms with E-state index in [0.29, 0.717) is 5.56 Å². The van der Waals surface area contributed by atoms with Crippen LogP contribution in [0.2, 0.25) is 0 Å². The Hall–Kier alpha value is -1.91. The van der Waals surface area contributed by atoms with Crippen molar-refractivity contribution < 1.29 is 14.2 Å². The number of halogens is 1. The molecule has 3 rings (SSSR count). The second-order valence-corrected chi connectivity index (χ2v) is 5.68. The first kappa shape index (κ1) is 15.0. The van der Waals surface area contributed by atoms with E-state index in [1.54, 1.807) is 19.2 Å². The number of nitrogens with one attached hydrogen (secondary N) is 1. The molecule has 0 aromatic heterocycles. The number of aliphatic hydroxyl groups excluding tert-OH is 1. The second-order valence-electron chi connectivity index (χ2n) is 5.68. The molecule has 1 saturated heterocycles. The summed E-state index contributed by atoms with van der Waals surface area (Å²) in [6.07, 6.45) is 1.11. The zero-order valence-electron chi connectivity index (χ0n) is 12.5. The van der Waals surface area contributed by atoms with Gasteiger partial charge in [-0.25, -0.2) is 4.39 Å². The third kappa shape index (κ3) is 3.13. The summed E-state index contributed by atoms with van der Waals surface area (Å²) in [7, 11) is 1.65. The van der Waals surface area contributed by atoms with Crippen molar-refractivity contribution >= 4 is 0 Å². The van der Waals surface area contributed by atoms with E-state index >= 15 is 0 Å². The molecular weight excluding hydrogens is 281 g/mol. The Morgan fingerprint density at radius 3 is 2.64 bits per heavy atom. The van der Waals surface area contributed by atoms with Crippen molar-refractivity contribution in [2.75, 3.05) is 7.11 Å². The Kier molecular flexibility index (Phi) is 4.41. The smallest absolute Gasteiger partial charge is 0.123 e. The van der Waals surface area contributed by atoms with E-state index in [-0.39, 0.29) is 17.9 Å². The van der Waals surface area contributed by atoms with Crippen LogP contribution in [-0.2, 0) is 0 Å². The molecular formula is C18H20FNO2. The SMILES string of the molecule is COc1ccc([C@H]2CC[C@H]([C@@H](O)c3cccc(F)c3)N2)cc1. The summed E-state index contributed by atoms with van der Waals surface area (Å²) in [5.41, 5.74) is 1.79. The van der Waals surface area contributed by atoms with Crippen LogP contribution in [-0.4, -0.2) is 18.3 Å². The Morgan fingerprint density at radius 2 is 1.95 bits per heavy atom. The van der Waals surface area contributed by atoms with Gasteiger partial charge in [-0.05, 0) is 48.2 Å². The Bertz CT molecular complexity index is 629. The average Bonchev–Trinajstić information content (AvgIpc) is 3.04. The van der Waals surface area contributed by atoms with Crippen LogP contribution in [0.1, 0.15) is 36.1 Å². The molecule has 3 nitrogen and oxygen atoms in total. The van der Waals surface area contributed by atoms with Crippen LogP contribution in [0.5, 0.6) is 5.75 Å². The fraction of sp³-hybridized carbons (Fsp3) is 0.333. The van der Waals surface area contributed by atoms with Gasteiger partial charge in [0, 0.05) is 12.1 Å². The zero-order chi connectivity index (χ0) is 15.5. The maximum absolute atomic E-state index is 13.3. The van der Waals surface area contributed by atoms with Gasteiger partial charge >= 0.3 is 0 Å². The third-order valence-corrected chi connectivity index (χ3v) is 4.27. The molecule has 1 aliphatic heterocycles. The number of methoxy groups -OCH3 is 1. The number of ether oxygens (including phenoxy) is 1. The predicted octanol–water partition coefficient (Wildman–Crippen LogP) is 3.36. The van der Waals surface area contributed by atoms with Crippen molar-refractivity contribution in [1.82, 2.24) is 5.32 Å². The van der Waals surface area contributed by atoms with Crippen molar-refractivity contribution in [1.29, 1.82) is 0 Å². The van der Waals surface area contributed by atoms with E-state index < -0.39 is 6.10 Å². The molecule has 0 bridgehead atoms. The van der Waals surface area contributed by atoms with Gasteiger partial charge in [0.15, 0.2) is 0 Å². The van der Waals surface area contributed by atoms with Crippen molar-refractivity contribution in [3.05, 3.63) is 65.5 Å². The first-order valence-electron chi connectivity index (χ1n) is 7.51. The summed E-state index contributed by atoms with van der Waals surface area (Å²) in [6, 6.07) is 14.3. The fourth-order valence-electron chi connectivity index (χ4n) is 3.04. The largest absolute Gasteiger partial charge is 0.497 e. The first-order valence-corrected chi connectivity index (χ1v) is 7.51. The van der Waals surface area contributed by atoms with E-state index in [1.165, 1.54) is 17.7 Å². The summed E-state index contributed by atoms with van der Waals surface area (Å²) in [6.45, 7) is 0. The average molecular weight is 301 g/mol. The zero-order valence-corrected chi connectivity index (χ0v) is 12.5. The highest BCUT2D eigenvalue weighted by Crippen LogP contribution is 2.33. The number of hydrogen-bond donors (Lipinski definition) is 2. The van der Waals surface area contributed by atoms with Gasteiger partial charge in [0.05, 0.1) is 13.2 Å². The molecule has 4 heteroatoms. The lowest BCUT2D eigenvalue weighted by atomic mass is 10.0. The topological polar surface area (TPSA) is 41.5 Å². The molecule has 0 amide bonds. The highest BCUT2D eigenvalue weighted by Gasteiger charge is 2.30. The first-order chi connectivity index (χ1) is 10.7. The van der Waals surface area contributed by atoms with Crippen LogP contribution in [0, 0.1) is 5.82 Å². The van der Waals surface area contributed by atoms with E-state index in [2.05, 4.69) is 5.32 Å². The monoisotopic (exact) mass is 301 g/mol. The van der Waals surface area contributed by atoms with Gasteiger partial charge < -0.3 is 15.2 Å². The molecule has 0 saturated carbocycles. The Morgan fingerprint density at radius 1 is 1.18 bits per heavy atom. The minimum atomic E-state index is -0.695. The molecule has 0 aliphatic carbocycles. The lowest BCUT2D eigenvalue weighted by molar-refractivity contribution is 0.135. The van der Waals surface area contributed by atoms with E-state index in [0.717, 1.165) is 18.6 Å². The van der Waals surface area contributed by atoms with E-state index in [9.17, 15) is 9.50 Å². The molecule has 3 atom stereocenters. The van der Waals surface area contributed by atoms with E-state index in [1.807, 2.05) is 24.3 Å². The van der Waals surface area contributed by atoms with Crippen LogP contribution in [0.3, 0.4) is 0 Å². The highest BCUT2D eigenvalue weighted by atomic mass is 19.1. The Labute approximate surface area is 129 Å². The van der Waals surface area contributed by atoms with Crippen molar-refractivity contribution in [2.24, 2.45) is 0 Å². The normalized spacial score (nSPS) is 22.5. The lowest BCUT2D eigenvalue weighted by Crippen LogP contribution is -2.30.